The molecule has 1 saturated heterocycles. The first-order valence-electron chi connectivity index (χ1n) is 7.92. The van der Waals surface area contributed by atoms with Crippen molar-refractivity contribution in [3.63, 3.8) is 0 Å². The second-order valence-electron chi connectivity index (χ2n) is 6.18. The minimum Gasteiger partial charge on any atom is -0.393 e. The van der Waals surface area contributed by atoms with Gasteiger partial charge in [0.25, 0.3) is 0 Å². The van der Waals surface area contributed by atoms with E-state index in [2.05, 4.69) is 10.6 Å². The summed E-state index contributed by atoms with van der Waals surface area (Å²) in [6, 6.07) is 0.538. The van der Waals surface area contributed by atoms with Crippen molar-refractivity contribution in [2.45, 2.75) is 69.9 Å². The quantitative estimate of drug-likeness (QED) is 0.709. The molecule has 1 aliphatic heterocycles. The van der Waals surface area contributed by atoms with E-state index in [1.54, 1.807) is 0 Å². The lowest BCUT2D eigenvalue weighted by molar-refractivity contribution is -0.121. The molecule has 0 spiro atoms. The van der Waals surface area contributed by atoms with Crippen LogP contribution in [0.3, 0.4) is 0 Å². The van der Waals surface area contributed by atoms with Gasteiger partial charge in [0.05, 0.1) is 6.10 Å². The SMILES string of the molecule is O=C(CCC1CCCCN1)NCC1CCCC(O)C1. The van der Waals surface area contributed by atoms with Gasteiger partial charge in [-0.05, 0) is 51.0 Å². The minimum absolute atomic E-state index is 0.151. The molecule has 3 N–H and O–H groups in total. The second-order valence-corrected chi connectivity index (χ2v) is 6.18. The number of amides is 1. The molecule has 0 aromatic carbocycles. The Morgan fingerprint density at radius 3 is 2.84 bits per heavy atom. The van der Waals surface area contributed by atoms with E-state index < -0.39 is 0 Å². The molecule has 110 valence electrons. The number of piperidine rings is 1. The smallest absolute Gasteiger partial charge is 0.220 e. The summed E-state index contributed by atoms with van der Waals surface area (Å²) in [6.07, 6.45) is 9.22. The third-order valence-corrected chi connectivity index (χ3v) is 4.48. The second kappa shape index (κ2) is 7.85. The highest BCUT2D eigenvalue weighted by Gasteiger charge is 2.20. The minimum atomic E-state index is -0.151. The van der Waals surface area contributed by atoms with Gasteiger partial charge in [0.2, 0.25) is 5.91 Å². The summed E-state index contributed by atoms with van der Waals surface area (Å²) in [5.74, 6) is 0.646. The molecule has 4 heteroatoms. The highest BCUT2D eigenvalue weighted by molar-refractivity contribution is 5.75. The normalized spacial score (nSPS) is 31.9. The van der Waals surface area contributed by atoms with Gasteiger partial charge in [-0.3, -0.25) is 4.79 Å². The number of carbonyl (C=O) groups excluding carboxylic acids is 1. The average Bonchev–Trinajstić information content (AvgIpc) is 2.44. The molecule has 2 aliphatic rings. The van der Waals surface area contributed by atoms with Crippen LogP contribution in [0.1, 0.15) is 57.8 Å². The zero-order valence-corrected chi connectivity index (χ0v) is 11.9. The number of nitrogens with one attached hydrogen (secondary N) is 2. The van der Waals surface area contributed by atoms with Crippen LogP contribution >= 0.6 is 0 Å². The van der Waals surface area contributed by atoms with Crippen molar-refractivity contribution in [2.75, 3.05) is 13.1 Å². The summed E-state index contributed by atoms with van der Waals surface area (Å²) in [4.78, 5) is 11.8. The van der Waals surface area contributed by atoms with Gasteiger partial charge < -0.3 is 15.7 Å². The summed E-state index contributed by atoms with van der Waals surface area (Å²) >= 11 is 0. The first kappa shape index (κ1) is 14.8. The lowest BCUT2D eigenvalue weighted by atomic mass is 9.87. The molecular formula is C15H28N2O2. The molecule has 19 heavy (non-hydrogen) atoms. The fraction of sp³-hybridized carbons (Fsp3) is 0.933. The molecule has 1 saturated carbocycles. The van der Waals surface area contributed by atoms with Gasteiger partial charge in [-0.25, -0.2) is 0 Å². The van der Waals surface area contributed by atoms with Crippen LogP contribution in [0.5, 0.6) is 0 Å². The molecule has 1 amide bonds. The van der Waals surface area contributed by atoms with Crippen molar-refractivity contribution in [1.29, 1.82) is 0 Å². The predicted molar refractivity (Wildman–Crippen MR) is 75.9 cm³/mol. The summed E-state index contributed by atoms with van der Waals surface area (Å²) in [6.45, 7) is 1.85. The Balaban J connectivity index is 1.56. The number of carbonyl (C=O) groups is 1. The highest BCUT2D eigenvalue weighted by atomic mass is 16.3. The van der Waals surface area contributed by atoms with E-state index >= 15 is 0 Å². The van der Waals surface area contributed by atoms with Crippen LogP contribution in [-0.4, -0.2) is 36.2 Å². The highest BCUT2D eigenvalue weighted by Crippen LogP contribution is 2.23. The average molecular weight is 268 g/mol. The van der Waals surface area contributed by atoms with Crippen molar-refractivity contribution in [2.24, 2.45) is 5.92 Å². The Labute approximate surface area is 116 Å². The van der Waals surface area contributed by atoms with E-state index in [4.69, 9.17) is 0 Å². The van der Waals surface area contributed by atoms with E-state index in [0.717, 1.165) is 45.2 Å². The van der Waals surface area contributed by atoms with Crippen molar-refractivity contribution < 1.29 is 9.90 Å². The van der Waals surface area contributed by atoms with E-state index in [1.807, 2.05) is 0 Å². The first-order valence-corrected chi connectivity index (χ1v) is 7.92. The molecule has 2 fully saturated rings. The summed E-state index contributed by atoms with van der Waals surface area (Å²) in [7, 11) is 0. The first-order chi connectivity index (χ1) is 9.24. The van der Waals surface area contributed by atoms with Gasteiger partial charge in [-0.2, -0.15) is 0 Å². The van der Waals surface area contributed by atoms with E-state index in [9.17, 15) is 9.90 Å². The number of hydrogen-bond acceptors (Lipinski definition) is 3. The summed E-state index contributed by atoms with van der Waals surface area (Å²) in [5, 5.41) is 16.1. The molecule has 0 bridgehead atoms. The lowest BCUT2D eigenvalue weighted by Crippen LogP contribution is -2.36. The lowest BCUT2D eigenvalue weighted by Gasteiger charge is -2.26. The maximum atomic E-state index is 11.8. The zero-order chi connectivity index (χ0) is 13.5. The summed E-state index contributed by atoms with van der Waals surface area (Å²) in [5.41, 5.74) is 0. The van der Waals surface area contributed by atoms with Crippen molar-refractivity contribution in [3.8, 4) is 0 Å². The number of aliphatic hydroxyl groups excluding tert-OH is 1. The Kier molecular flexibility index (Phi) is 6.11. The molecule has 4 nitrogen and oxygen atoms in total. The predicted octanol–water partition coefficient (Wildman–Crippen LogP) is 1.58. The van der Waals surface area contributed by atoms with Crippen molar-refractivity contribution in [3.05, 3.63) is 0 Å². The third-order valence-electron chi connectivity index (χ3n) is 4.48. The molecule has 0 aromatic heterocycles. The number of hydrogen-bond donors (Lipinski definition) is 3. The van der Waals surface area contributed by atoms with Crippen LogP contribution in [0.15, 0.2) is 0 Å². The molecule has 0 aromatic rings. The van der Waals surface area contributed by atoms with Crippen molar-refractivity contribution in [1.82, 2.24) is 10.6 Å². The molecular weight excluding hydrogens is 240 g/mol. The van der Waals surface area contributed by atoms with Gasteiger partial charge in [-0.15, -0.1) is 0 Å². The number of aliphatic hydroxyl groups is 1. The maximum Gasteiger partial charge on any atom is 0.220 e. The van der Waals surface area contributed by atoms with Gasteiger partial charge in [0, 0.05) is 19.0 Å². The van der Waals surface area contributed by atoms with Gasteiger partial charge in [-0.1, -0.05) is 12.8 Å². The Bertz CT molecular complexity index is 277. The summed E-state index contributed by atoms with van der Waals surface area (Å²) < 4.78 is 0. The largest absolute Gasteiger partial charge is 0.393 e. The van der Waals surface area contributed by atoms with Crippen molar-refractivity contribution >= 4 is 5.91 Å². The topological polar surface area (TPSA) is 61.4 Å². The molecule has 1 aliphatic carbocycles. The Morgan fingerprint density at radius 1 is 1.21 bits per heavy atom. The Hall–Kier alpha value is -0.610. The van der Waals surface area contributed by atoms with Crippen LogP contribution in [0.25, 0.3) is 0 Å². The van der Waals surface area contributed by atoms with E-state index in [-0.39, 0.29) is 12.0 Å². The monoisotopic (exact) mass is 268 g/mol. The van der Waals surface area contributed by atoms with Gasteiger partial charge in [0.1, 0.15) is 0 Å². The van der Waals surface area contributed by atoms with Crippen LogP contribution in [0, 0.1) is 5.92 Å². The van der Waals surface area contributed by atoms with Crippen LogP contribution < -0.4 is 10.6 Å². The molecule has 2 rings (SSSR count). The van der Waals surface area contributed by atoms with E-state index in [1.165, 1.54) is 19.3 Å². The van der Waals surface area contributed by atoms with Gasteiger partial charge in [0.15, 0.2) is 0 Å². The maximum absolute atomic E-state index is 11.8. The molecule has 0 radical (unpaired) electrons. The van der Waals surface area contributed by atoms with E-state index in [0.29, 0.717) is 18.4 Å². The number of rotatable bonds is 5. The Morgan fingerprint density at radius 2 is 2.11 bits per heavy atom. The standard InChI is InChI=1S/C15H28N2O2/c18-14-6-3-4-12(10-14)11-17-15(19)8-7-13-5-1-2-9-16-13/h12-14,16,18H,1-11H2,(H,17,19). The molecule has 1 heterocycles. The fourth-order valence-electron chi connectivity index (χ4n) is 3.27. The third kappa shape index (κ3) is 5.49. The zero-order valence-electron chi connectivity index (χ0n) is 11.9. The van der Waals surface area contributed by atoms with Gasteiger partial charge >= 0.3 is 0 Å². The molecule has 3 unspecified atom stereocenters. The van der Waals surface area contributed by atoms with Crippen LogP contribution in [0.4, 0.5) is 0 Å². The van der Waals surface area contributed by atoms with Crippen LogP contribution in [-0.2, 0) is 4.79 Å². The van der Waals surface area contributed by atoms with Crippen LogP contribution in [0.2, 0.25) is 0 Å². The fourth-order valence-corrected chi connectivity index (χ4v) is 3.27. The molecule has 3 atom stereocenters.